The second kappa shape index (κ2) is 11.2. The summed E-state index contributed by atoms with van der Waals surface area (Å²) in [5.74, 6) is -0.379. The third-order valence-corrected chi connectivity index (χ3v) is 5.68. The van der Waals surface area contributed by atoms with E-state index in [-0.39, 0.29) is 11.8 Å². The van der Waals surface area contributed by atoms with Crippen LogP contribution >= 0.6 is 11.3 Å². The fraction of sp³-hybridized carbons (Fsp3) is 0.250. The van der Waals surface area contributed by atoms with E-state index < -0.39 is 6.04 Å². The van der Waals surface area contributed by atoms with Crippen LogP contribution < -0.4 is 15.5 Å². The summed E-state index contributed by atoms with van der Waals surface area (Å²) >= 11 is 1.36. The van der Waals surface area contributed by atoms with Crippen LogP contribution in [0.15, 0.2) is 78.2 Å². The third kappa shape index (κ3) is 6.46. The summed E-state index contributed by atoms with van der Waals surface area (Å²) in [6.45, 7) is 1.38. The number of carbonyl (C=O) groups excluding carboxylic acids is 2. The minimum absolute atomic E-state index is 0.161. The Kier molecular flexibility index (Phi) is 8.03. The lowest BCUT2D eigenvalue weighted by Crippen LogP contribution is -2.48. The lowest BCUT2D eigenvalue weighted by atomic mass is 10.1. The van der Waals surface area contributed by atoms with Crippen LogP contribution in [-0.4, -0.2) is 38.0 Å². The monoisotopic (exact) mass is 421 g/mol. The molecule has 5 nitrogen and oxygen atoms in total. The Morgan fingerprint density at radius 3 is 2.33 bits per heavy atom. The van der Waals surface area contributed by atoms with Crippen LogP contribution in [0.3, 0.4) is 0 Å². The van der Waals surface area contributed by atoms with Gasteiger partial charge >= 0.3 is 0 Å². The molecular formula is C24H27N3O2S. The zero-order valence-corrected chi connectivity index (χ0v) is 17.9. The fourth-order valence-electron chi connectivity index (χ4n) is 3.16. The van der Waals surface area contributed by atoms with Crippen molar-refractivity contribution in [2.75, 3.05) is 25.0 Å². The van der Waals surface area contributed by atoms with Gasteiger partial charge in [-0.25, -0.2) is 0 Å². The van der Waals surface area contributed by atoms with Gasteiger partial charge in [0.25, 0.3) is 5.91 Å². The van der Waals surface area contributed by atoms with Crippen molar-refractivity contribution >= 4 is 28.8 Å². The van der Waals surface area contributed by atoms with Crippen LogP contribution in [0.25, 0.3) is 0 Å². The number of thiophene rings is 1. The van der Waals surface area contributed by atoms with Crippen LogP contribution in [0, 0.1) is 0 Å². The highest BCUT2D eigenvalue weighted by molar-refractivity contribution is 7.12. The standard InChI is InChI=1S/C24H27N3O2S/c1-27(20-12-6-3-7-13-20)16-9-15-25-23(28)21(18-19-10-4-2-5-11-19)26-24(29)22-14-8-17-30-22/h2-8,10-14,17,21H,9,15-16,18H2,1H3,(H,25,28)(H,26,29)/t21-/m0/s1. The first-order valence-electron chi connectivity index (χ1n) is 10.1. The van der Waals surface area contributed by atoms with E-state index in [2.05, 4.69) is 27.7 Å². The first-order chi connectivity index (χ1) is 14.6. The van der Waals surface area contributed by atoms with E-state index in [0.717, 1.165) is 24.2 Å². The number of amides is 2. The van der Waals surface area contributed by atoms with E-state index in [9.17, 15) is 9.59 Å². The molecule has 0 aliphatic heterocycles. The third-order valence-electron chi connectivity index (χ3n) is 4.82. The summed E-state index contributed by atoms with van der Waals surface area (Å²) in [5.41, 5.74) is 2.15. The zero-order valence-electron chi connectivity index (χ0n) is 17.1. The van der Waals surface area contributed by atoms with Crippen LogP contribution in [0.2, 0.25) is 0 Å². The summed E-state index contributed by atoms with van der Waals surface area (Å²) in [5, 5.41) is 7.73. The van der Waals surface area contributed by atoms with Crippen LogP contribution in [0.4, 0.5) is 5.69 Å². The van der Waals surface area contributed by atoms with E-state index in [1.54, 1.807) is 6.07 Å². The average molecular weight is 422 g/mol. The first kappa shape index (κ1) is 21.6. The molecule has 6 heteroatoms. The highest BCUT2D eigenvalue weighted by Gasteiger charge is 2.22. The van der Waals surface area contributed by atoms with E-state index in [1.165, 1.54) is 11.3 Å². The first-order valence-corrected chi connectivity index (χ1v) is 10.9. The second-order valence-electron chi connectivity index (χ2n) is 7.09. The number of hydrogen-bond donors (Lipinski definition) is 2. The van der Waals surface area contributed by atoms with Crippen LogP contribution in [0.5, 0.6) is 0 Å². The lowest BCUT2D eigenvalue weighted by molar-refractivity contribution is -0.122. The van der Waals surface area contributed by atoms with Crippen molar-refractivity contribution in [3.05, 3.63) is 88.6 Å². The number of carbonyl (C=O) groups is 2. The second-order valence-corrected chi connectivity index (χ2v) is 8.04. The molecule has 1 aromatic heterocycles. The molecule has 156 valence electrons. The van der Waals surface area contributed by atoms with Crippen molar-refractivity contribution in [3.8, 4) is 0 Å². The predicted molar refractivity (Wildman–Crippen MR) is 123 cm³/mol. The smallest absolute Gasteiger partial charge is 0.262 e. The highest BCUT2D eigenvalue weighted by Crippen LogP contribution is 2.11. The number of nitrogens with one attached hydrogen (secondary N) is 2. The van der Waals surface area contributed by atoms with Gasteiger partial charge in [-0.3, -0.25) is 9.59 Å². The van der Waals surface area contributed by atoms with Gasteiger partial charge in [-0.05, 0) is 35.6 Å². The average Bonchev–Trinajstić information content (AvgIpc) is 3.32. The molecule has 0 aliphatic carbocycles. The molecule has 1 atom stereocenters. The Bertz CT molecular complexity index is 914. The highest BCUT2D eigenvalue weighted by atomic mass is 32.1. The zero-order chi connectivity index (χ0) is 21.2. The van der Waals surface area contributed by atoms with Gasteiger partial charge in [-0.15, -0.1) is 11.3 Å². The van der Waals surface area contributed by atoms with Gasteiger partial charge in [0.2, 0.25) is 5.91 Å². The molecule has 30 heavy (non-hydrogen) atoms. The van der Waals surface area contributed by atoms with Gasteiger partial charge < -0.3 is 15.5 Å². The molecular weight excluding hydrogens is 394 g/mol. The van der Waals surface area contributed by atoms with Gasteiger partial charge in [0.05, 0.1) is 4.88 Å². The molecule has 0 radical (unpaired) electrons. The normalized spacial score (nSPS) is 11.5. The Morgan fingerprint density at radius 1 is 0.967 bits per heavy atom. The van der Waals surface area contributed by atoms with Crippen molar-refractivity contribution in [1.29, 1.82) is 0 Å². The van der Waals surface area contributed by atoms with Gasteiger partial charge in [-0.2, -0.15) is 0 Å². The molecule has 2 amide bonds. The topological polar surface area (TPSA) is 61.4 Å². The molecule has 2 N–H and O–H groups in total. The summed E-state index contributed by atoms with van der Waals surface area (Å²) in [6.07, 6.45) is 1.27. The van der Waals surface area contributed by atoms with E-state index in [0.29, 0.717) is 17.8 Å². The quantitative estimate of drug-likeness (QED) is 0.491. The number of rotatable bonds is 10. The number of hydrogen-bond acceptors (Lipinski definition) is 4. The molecule has 3 rings (SSSR count). The fourth-order valence-corrected chi connectivity index (χ4v) is 3.79. The number of benzene rings is 2. The Balaban J connectivity index is 1.54. The number of nitrogens with zero attached hydrogens (tertiary/aromatic N) is 1. The summed E-state index contributed by atoms with van der Waals surface area (Å²) in [4.78, 5) is 28.1. The summed E-state index contributed by atoms with van der Waals surface area (Å²) in [6, 6.07) is 22.9. The minimum Gasteiger partial charge on any atom is -0.375 e. The minimum atomic E-state index is -0.617. The van der Waals surface area contributed by atoms with E-state index in [1.807, 2.05) is 67.0 Å². The Labute approximate surface area is 181 Å². The van der Waals surface area contributed by atoms with Crippen molar-refractivity contribution in [1.82, 2.24) is 10.6 Å². The molecule has 0 bridgehead atoms. The van der Waals surface area contributed by atoms with Crippen molar-refractivity contribution in [2.45, 2.75) is 18.9 Å². The largest absolute Gasteiger partial charge is 0.375 e. The summed E-state index contributed by atoms with van der Waals surface area (Å²) in [7, 11) is 2.04. The Hall–Kier alpha value is -3.12. The Morgan fingerprint density at radius 2 is 1.67 bits per heavy atom. The molecule has 3 aromatic rings. The van der Waals surface area contributed by atoms with Gasteiger partial charge in [-0.1, -0.05) is 54.6 Å². The molecule has 0 spiro atoms. The predicted octanol–water partition coefficient (Wildman–Crippen LogP) is 3.73. The summed E-state index contributed by atoms with van der Waals surface area (Å²) < 4.78 is 0. The van der Waals surface area contributed by atoms with Crippen molar-refractivity contribution < 1.29 is 9.59 Å². The number of para-hydroxylation sites is 1. The molecule has 0 fully saturated rings. The van der Waals surface area contributed by atoms with Gasteiger partial charge in [0.15, 0.2) is 0 Å². The maximum Gasteiger partial charge on any atom is 0.262 e. The van der Waals surface area contributed by atoms with Gasteiger partial charge in [0, 0.05) is 32.2 Å². The lowest BCUT2D eigenvalue weighted by Gasteiger charge is -2.21. The van der Waals surface area contributed by atoms with Crippen LogP contribution in [-0.2, 0) is 11.2 Å². The molecule has 1 heterocycles. The van der Waals surface area contributed by atoms with E-state index >= 15 is 0 Å². The molecule has 2 aromatic carbocycles. The molecule has 0 aliphatic rings. The molecule has 0 unspecified atom stereocenters. The van der Waals surface area contributed by atoms with Crippen LogP contribution in [0.1, 0.15) is 21.7 Å². The van der Waals surface area contributed by atoms with Gasteiger partial charge in [0.1, 0.15) is 6.04 Å². The SMILES string of the molecule is CN(CCCNC(=O)[C@H](Cc1ccccc1)NC(=O)c1cccs1)c1ccccc1. The van der Waals surface area contributed by atoms with E-state index in [4.69, 9.17) is 0 Å². The maximum absolute atomic E-state index is 12.8. The number of anilines is 1. The molecule has 0 saturated heterocycles. The molecule has 0 saturated carbocycles. The maximum atomic E-state index is 12.8. The van der Waals surface area contributed by atoms with Crippen molar-refractivity contribution in [2.24, 2.45) is 0 Å². The van der Waals surface area contributed by atoms with Crippen molar-refractivity contribution in [3.63, 3.8) is 0 Å².